The van der Waals surface area contributed by atoms with Gasteiger partial charge >= 0.3 is 0 Å². The number of amides is 1. The maximum absolute atomic E-state index is 11.3. The summed E-state index contributed by atoms with van der Waals surface area (Å²) in [5.74, 6) is 0.348. The maximum Gasteiger partial charge on any atom is 0.239 e. The highest BCUT2D eigenvalue weighted by Gasteiger charge is 2.14. The van der Waals surface area contributed by atoms with Crippen molar-refractivity contribution in [3.8, 4) is 0 Å². The van der Waals surface area contributed by atoms with Gasteiger partial charge < -0.3 is 10.2 Å². The molecular weight excluding hydrogens is 251 g/mol. The van der Waals surface area contributed by atoms with Crippen LogP contribution < -0.4 is 10.2 Å². The number of carbonyl (C=O) groups excluding carboxylic acids is 1. The van der Waals surface area contributed by atoms with E-state index in [0.717, 1.165) is 0 Å². The zero-order chi connectivity index (χ0) is 12.1. The van der Waals surface area contributed by atoms with E-state index in [-0.39, 0.29) is 17.7 Å². The van der Waals surface area contributed by atoms with Gasteiger partial charge in [0.2, 0.25) is 11.2 Å². The summed E-state index contributed by atoms with van der Waals surface area (Å²) in [4.78, 5) is 20.7. The van der Waals surface area contributed by atoms with Gasteiger partial charge in [-0.15, -0.1) is 0 Å². The number of nitrogens with zero attached hydrogens (tertiary/aromatic N) is 3. The van der Waals surface area contributed by atoms with Crippen molar-refractivity contribution >= 4 is 34.9 Å². The minimum atomic E-state index is -0.118. The van der Waals surface area contributed by atoms with Crippen LogP contribution in [-0.4, -0.2) is 36.0 Å². The molecule has 88 valence electrons. The van der Waals surface area contributed by atoms with Crippen molar-refractivity contribution < 1.29 is 4.79 Å². The average Bonchev–Trinajstić information content (AvgIpc) is 2.29. The molecule has 0 saturated heterocycles. The third-order valence-electron chi connectivity index (χ3n) is 1.99. The van der Waals surface area contributed by atoms with Gasteiger partial charge in [0.05, 0.1) is 12.7 Å². The zero-order valence-electron chi connectivity index (χ0n) is 9.00. The fourth-order valence-electron chi connectivity index (χ4n) is 1.15. The average molecular weight is 263 g/mol. The molecule has 16 heavy (non-hydrogen) atoms. The molecule has 0 radical (unpaired) electrons. The summed E-state index contributed by atoms with van der Waals surface area (Å²) < 4.78 is 0. The van der Waals surface area contributed by atoms with E-state index in [4.69, 9.17) is 23.2 Å². The van der Waals surface area contributed by atoms with Gasteiger partial charge in [-0.2, -0.15) is 4.98 Å². The van der Waals surface area contributed by atoms with E-state index in [1.54, 1.807) is 11.9 Å². The van der Waals surface area contributed by atoms with Crippen LogP contribution in [0.1, 0.15) is 6.92 Å². The van der Waals surface area contributed by atoms with Crippen molar-refractivity contribution in [2.45, 2.75) is 6.92 Å². The first-order chi connectivity index (χ1) is 7.58. The van der Waals surface area contributed by atoms with Crippen molar-refractivity contribution in [3.63, 3.8) is 0 Å². The van der Waals surface area contributed by atoms with E-state index in [1.165, 1.54) is 6.20 Å². The van der Waals surface area contributed by atoms with E-state index < -0.39 is 0 Å². The van der Waals surface area contributed by atoms with Gasteiger partial charge in [0, 0.05) is 13.6 Å². The number of halogens is 2. The molecule has 0 unspecified atom stereocenters. The molecule has 1 aromatic rings. The molecule has 0 atom stereocenters. The number of nitrogens with one attached hydrogen (secondary N) is 1. The minimum Gasteiger partial charge on any atom is -0.358 e. The third-order valence-corrected chi connectivity index (χ3v) is 2.44. The Bertz CT molecular complexity index is 386. The van der Waals surface area contributed by atoms with Gasteiger partial charge in [-0.05, 0) is 18.5 Å². The second kappa shape index (κ2) is 5.86. The highest BCUT2D eigenvalue weighted by molar-refractivity contribution is 6.33. The minimum absolute atomic E-state index is 0.106. The number of carbonyl (C=O) groups is 1. The molecule has 7 heteroatoms. The molecule has 0 bridgehead atoms. The lowest BCUT2D eigenvalue weighted by Gasteiger charge is -2.21. The molecule has 0 spiro atoms. The third kappa shape index (κ3) is 3.21. The van der Waals surface area contributed by atoms with Crippen molar-refractivity contribution in [2.75, 3.05) is 25.0 Å². The largest absolute Gasteiger partial charge is 0.358 e. The number of hydrogen-bond acceptors (Lipinski definition) is 4. The fraction of sp³-hybridized carbons (Fsp3) is 0.444. The summed E-state index contributed by atoms with van der Waals surface area (Å²) >= 11 is 11.6. The van der Waals surface area contributed by atoms with Gasteiger partial charge in [0.1, 0.15) is 5.02 Å². The van der Waals surface area contributed by atoms with Crippen LogP contribution in [0.4, 0.5) is 5.82 Å². The number of likely N-dealkylation sites (N-methyl/N-ethyl adjacent to an activating group) is 2. The molecule has 1 heterocycles. The zero-order valence-corrected chi connectivity index (χ0v) is 10.5. The second-order valence-electron chi connectivity index (χ2n) is 3.00. The van der Waals surface area contributed by atoms with Crippen LogP contribution in [0.15, 0.2) is 6.20 Å². The quantitative estimate of drug-likeness (QED) is 0.833. The summed E-state index contributed by atoms with van der Waals surface area (Å²) in [5.41, 5.74) is 0. The van der Waals surface area contributed by atoms with Gasteiger partial charge in [-0.3, -0.25) is 4.79 Å². The van der Waals surface area contributed by atoms with Crippen molar-refractivity contribution in [1.82, 2.24) is 15.3 Å². The molecule has 0 aromatic carbocycles. The standard InChI is InChI=1S/C9H12Cl2N4O/c1-3-15(5-7(16)12-2)8-6(10)4-13-9(11)14-8/h4H,3,5H2,1-2H3,(H,12,16). The van der Waals surface area contributed by atoms with Crippen LogP contribution in [0, 0.1) is 0 Å². The van der Waals surface area contributed by atoms with E-state index >= 15 is 0 Å². The molecule has 0 saturated carbocycles. The first-order valence-corrected chi connectivity index (χ1v) is 5.47. The summed E-state index contributed by atoms with van der Waals surface area (Å²) in [6.07, 6.45) is 1.42. The Morgan fingerprint density at radius 2 is 2.25 bits per heavy atom. The Morgan fingerprint density at radius 3 is 2.81 bits per heavy atom. The van der Waals surface area contributed by atoms with Crippen molar-refractivity contribution in [2.24, 2.45) is 0 Å². The summed E-state index contributed by atoms with van der Waals surface area (Å²) in [6.45, 7) is 2.68. The van der Waals surface area contributed by atoms with E-state index in [9.17, 15) is 4.79 Å². The highest BCUT2D eigenvalue weighted by atomic mass is 35.5. The number of aromatic nitrogens is 2. The molecule has 5 nitrogen and oxygen atoms in total. The molecular formula is C9H12Cl2N4O. The molecule has 1 amide bonds. The normalized spacial score (nSPS) is 10.0. The van der Waals surface area contributed by atoms with Gasteiger partial charge in [-0.1, -0.05) is 11.6 Å². The number of rotatable bonds is 4. The molecule has 1 N–H and O–H groups in total. The van der Waals surface area contributed by atoms with Crippen LogP contribution in [-0.2, 0) is 4.79 Å². The number of anilines is 1. The van der Waals surface area contributed by atoms with Crippen LogP contribution >= 0.6 is 23.2 Å². The van der Waals surface area contributed by atoms with Crippen LogP contribution in [0.25, 0.3) is 0 Å². The SMILES string of the molecule is CCN(CC(=O)NC)c1nc(Cl)ncc1Cl. The van der Waals surface area contributed by atoms with Crippen LogP contribution in [0.5, 0.6) is 0 Å². The van der Waals surface area contributed by atoms with Gasteiger partial charge in [0.15, 0.2) is 5.82 Å². The van der Waals surface area contributed by atoms with Crippen LogP contribution in [0.3, 0.4) is 0 Å². The summed E-state index contributed by atoms with van der Waals surface area (Å²) in [5, 5.41) is 3.01. The Balaban J connectivity index is 2.94. The molecule has 0 aliphatic rings. The summed E-state index contributed by atoms with van der Waals surface area (Å²) in [6, 6.07) is 0. The monoisotopic (exact) mass is 262 g/mol. The van der Waals surface area contributed by atoms with Crippen molar-refractivity contribution in [3.05, 3.63) is 16.5 Å². The Morgan fingerprint density at radius 1 is 1.56 bits per heavy atom. The van der Waals surface area contributed by atoms with Crippen LogP contribution in [0.2, 0.25) is 10.3 Å². The first kappa shape index (κ1) is 13.0. The lowest BCUT2D eigenvalue weighted by atomic mass is 10.4. The predicted molar refractivity (Wildman–Crippen MR) is 64.0 cm³/mol. The molecule has 0 fully saturated rings. The second-order valence-corrected chi connectivity index (χ2v) is 3.74. The van der Waals surface area contributed by atoms with E-state index in [0.29, 0.717) is 17.4 Å². The smallest absolute Gasteiger partial charge is 0.239 e. The van der Waals surface area contributed by atoms with E-state index in [1.807, 2.05) is 6.92 Å². The lowest BCUT2D eigenvalue weighted by Crippen LogP contribution is -2.36. The fourth-order valence-corrected chi connectivity index (χ4v) is 1.49. The molecule has 1 aromatic heterocycles. The first-order valence-electron chi connectivity index (χ1n) is 4.72. The predicted octanol–water partition coefficient (Wildman–Crippen LogP) is 1.36. The van der Waals surface area contributed by atoms with Crippen molar-refractivity contribution in [1.29, 1.82) is 0 Å². The lowest BCUT2D eigenvalue weighted by molar-refractivity contribution is -0.119. The highest BCUT2D eigenvalue weighted by Crippen LogP contribution is 2.23. The molecule has 0 aliphatic carbocycles. The topological polar surface area (TPSA) is 58.1 Å². The Labute approximate surface area is 104 Å². The molecule has 1 rings (SSSR count). The van der Waals surface area contributed by atoms with Gasteiger partial charge in [0.25, 0.3) is 0 Å². The number of hydrogen-bond donors (Lipinski definition) is 1. The Kier molecular flexibility index (Phi) is 4.76. The molecule has 0 aliphatic heterocycles. The summed E-state index contributed by atoms with van der Waals surface area (Å²) in [7, 11) is 1.57. The Hall–Kier alpha value is -1.07. The van der Waals surface area contributed by atoms with Gasteiger partial charge in [-0.25, -0.2) is 4.98 Å². The maximum atomic E-state index is 11.3. The van der Waals surface area contributed by atoms with E-state index in [2.05, 4.69) is 15.3 Å².